The predicted octanol–water partition coefficient (Wildman–Crippen LogP) is 5.46. The van der Waals surface area contributed by atoms with Gasteiger partial charge in [-0.05, 0) is 29.3 Å². The Morgan fingerprint density at radius 2 is 1.50 bits per heavy atom. The zero-order chi connectivity index (χ0) is 13.3. The second kappa shape index (κ2) is 5.68. The molecule has 0 aliphatic rings. The monoisotopic (exact) mass is 320 g/mol. The molecule has 1 N–H and O–H groups in total. The topological polar surface area (TPSA) is 20.2 Å². The zero-order valence-corrected chi connectivity index (χ0v) is 12.1. The first-order valence-electron chi connectivity index (χ1n) is 5.07. The Bertz CT molecular complexity index is 596. The quantitative estimate of drug-likeness (QED) is 0.728. The molecule has 2 aromatic rings. The molecule has 0 heterocycles. The summed E-state index contributed by atoms with van der Waals surface area (Å²) in [6.07, 6.45) is 0. The second-order valence-electron chi connectivity index (χ2n) is 3.69. The molecule has 0 radical (unpaired) electrons. The predicted molar refractivity (Wildman–Crippen MR) is 77.8 cm³/mol. The fraction of sp³-hybridized carbons (Fsp3) is 0.0769. The summed E-state index contributed by atoms with van der Waals surface area (Å²) in [5.74, 6) is 0. The molecule has 0 fully saturated rings. The van der Waals surface area contributed by atoms with Gasteiger partial charge < -0.3 is 5.11 Å². The number of aliphatic hydroxyl groups is 1. The van der Waals surface area contributed by atoms with E-state index in [2.05, 4.69) is 0 Å². The molecule has 2 aromatic carbocycles. The molecule has 0 unspecified atom stereocenters. The third-order valence-corrected chi connectivity index (χ3v) is 4.22. The van der Waals surface area contributed by atoms with Gasteiger partial charge in [-0.2, -0.15) is 0 Å². The molecule has 94 valence electrons. The van der Waals surface area contributed by atoms with Crippen LogP contribution >= 0.6 is 46.4 Å². The number of benzene rings is 2. The lowest BCUT2D eigenvalue weighted by Crippen LogP contribution is -1.88. The van der Waals surface area contributed by atoms with Crippen LogP contribution in [-0.2, 0) is 6.61 Å². The van der Waals surface area contributed by atoms with Crippen LogP contribution in [0.3, 0.4) is 0 Å². The molecule has 5 heteroatoms. The Morgan fingerprint density at radius 3 is 2.17 bits per heavy atom. The fourth-order valence-electron chi connectivity index (χ4n) is 1.61. The number of halogens is 4. The van der Waals surface area contributed by atoms with Crippen molar-refractivity contribution in [1.82, 2.24) is 0 Å². The minimum absolute atomic E-state index is 0.133. The van der Waals surface area contributed by atoms with Crippen LogP contribution in [0, 0.1) is 0 Å². The summed E-state index contributed by atoms with van der Waals surface area (Å²) in [7, 11) is 0. The number of hydrogen-bond donors (Lipinski definition) is 1. The average molecular weight is 322 g/mol. The van der Waals surface area contributed by atoms with Gasteiger partial charge in [0.05, 0.1) is 21.7 Å². The molecule has 1 nitrogen and oxygen atoms in total. The summed E-state index contributed by atoms with van der Waals surface area (Å²) in [4.78, 5) is 0. The molecule has 0 spiro atoms. The molecule has 0 aromatic heterocycles. The summed E-state index contributed by atoms with van der Waals surface area (Å²) < 4.78 is 0. The number of hydrogen-bond acceptors (Lipinski definition) is 1. The van der Waals surface area contributed by atoms with Gasteiger partial charge >= 0.3 is 0 Å². The van der Waals surface area contributed by atoms with Gasteiger partial charge in [0, 0.05) is 10.6 Å². The molecule has 2 rings (SSSR count). The minimum Gasteiger partial charge on any atom is -0.392 e. The van der Waals surface area contributed by atoms with Gasteiger partial charge in [-0.3, -0.25) is 0 Å². The van der Waals surface area contributed by atoms with Crippen LogP contribution in [0.25, 0.3) is 11.1 Å². The van der Waals surface area contributed by atoms with Gasteiger partial charge in [-0.15, -0.1) is 0 Å². The first-order chi connectivity index (χ1) is 8.54. The SMILES string of the molecule is OCc1cc(-c2ccc(Cl)c(Cl)c2Cl)ccc1Cl. The van der Waals surface area contributed by atoms with E-state index < -0.39 is 0 Å². The van der Waals surface area contributed by atoms with Crippen molar-refractivity contribution in [3.63, 3.8) is 0 Å². The molecule has 0 atom stereocenters. The summed E-state index contributed by atoms with van der Waals surface area (Å²) in [6.45, 7) is -0.133. The van der Waals surface area contributed by atoms with E-state index in [1.165, 1.54) is 0 Å². The Hall–Kier alpha value is -0.440. The maximum absolute atomic E-state index is 9.19. The average Bonchev–Trinajstić information content (AvgIpc) is 2.37. The lowest BCUT2D eigenvalue weighted by molar-refractivity contribution is 0.282. The smallest absolute Gasteiger partial charge is 0.0784 e. The van der Waals surface area contributed by atoms with E-state index in [9.17, 15) is 5.11 Å². The van der Waals surface area contributed by atoms with E-state index in [0.29, 0.717) is 25.7 Å². The summed E-state index contributed by atoms with van der Waals surface area (Å²) >= 11 is 24.0. The summed E-state index contributed by atoms with van der Waals surface area (Å²) in [5.41, 5.74) is 2.21. The van der Waals surface area contributed by atoms with Crippen LogP contribution in [0.5, 0.6) is 0 Å². The Labute approximate surface area is 125 Å². The first-order valence-corrected chi connectivity index (χ1v) is 6.59. The molecule has 18 heavy (non-hydrogen) atoms. The molecular weight excluding hydrogens is 314 g/mol. The molecule has 0 amide bonds. The molecule has 0 bridgehead atoms. The van der Waals surface area contributed by atoms with E-state index in [-0.39, 0.29) is 6.61 Å². The minimum atomic E-state index is -0.133. The highest BCUT2D eigenvalue weighted by atomic mass is 35.5. The van der Waals surface area contributed by atoms with Crippen molar-refractivity contribution in [2.45, 2.75) is 6.61 Å². The van der Waals surface area contributed by atoms with Crippen molar-refractivity contribution in [1.29, 1.82) is 0 Å². The van der Waals surface area contributed by atoms with Crippen LogP contribution in [0.4, 0.5) is 0 Å². The third-order valence-electron chi connectivity index (χ3n) is 2.56. The molecule has 0 aliphatic heterocycles. The van der Waals surface area contributed by atoms with Crippen molar-refractivity contribution < 1.29 is 5.11 Å². The van der Waals surface area contributed by atoms with Crippen molar-refractivity contribution in [3.8, 4) is 11.1 Å². The maximum Gasteiger partial charge on any atom is 0.0784 e. The fourth-order valence-corrected chi connectivity index (χ4v) is 2.43. The van der Waals surface area contributed by atoms with Crippen molar-refractivity contribution in [3.05, 3.63) is 56.0 Å². The highest BCUT2D eigenvalue weighted by Gasteiger charge is 2.11. The van der Waals surface area contributed by atoms with Crippen LogP contribution in [0.15, 0.2) is 30.3 Å². The van der Waals surface area contributed by atoms with E-state index >= 15 is 0 Å². The van der Waals surface area contributed by atoms with Crippen LogP contribution in [0.1, 0.15) is 5.56 Å². The Morgan fingerprint density at radius 1 is 0.833 bits per heavy atom. The van der Waals surface area contributed by atoms with E-state index in [1.54, 1.807) is 24.3 Å². The summed E-state index contributed by atoms with van der Waals surface area (Å²) in [6, 6.07) is 8.75. The normalized spacial score (nSPS) is 10.7. The lowest BCUT2D eigenvalue weighted by Gasteiger charge is -2.09. The largest absolute Gasteiger partial charge is 0.392 e. The third kappa shape index (κ3) is 2.61. The van der Waals surface area contributed by atoms with Gasteiger partial charge in [0.1, 0.15) is 0 Å². The van der Waals surface area contributed by atoms with E-state index in [0.717, 1.165) is 11.1 Å². The molecule has 0 aliphatic carbocycles. The van der Waals surface area contributed by atoms with Crippen molar-refractivity contribution in [2.75, 3.05) is 0 Å². The number of aliphatic hydroxyl groups excluding tert-OH is 1. The van der Waals surface area contributed by atoms with Gasteiger partial charge in [0.25, 0.3) is 0 Å². The second-order valence-corrected chi connectivity index (χ2v) is 5.26. The maximum atomic E-state index is 9.19. The zero-order valence-electron chi connectivity index (χ0n) is 9.05. The van der Waals surface area contributed by atoms with E-state index in [4.69, 9.17) is 46.4 Å². The Kier molecular flexibility index (Phi) is 4.41. The van der Waals surface area contributed by atoms with Crippen molar-refractivity contribution >= 4 is 46.4 Å². The standard InChI is InChI=1S/C13H8Cl4O/c14-10-3-1-7(5-8(10)6-18)9-2-4-11(15)13(17)12(9)16/h1-5,18H,6H2. The highest BCUT2D eigenvalue weighted by molar-refractivity contribution is 6.49. The number of rotatable bonds is 2. The van der Waals surface area contributed by atoms with Gasteiger partial charge in [0.15, 0.2) is 0 Å². The van der Waals surface area contributed by atoms with Crippen LogP contribution in [0.2, 0.25) is 20.1 Å². The first kappa shape index (κ1) is 14.0. The highest BCUT2D eigenvalue weighted by Crippen LogP contribution is 2.38. The Balaban J connectivity index is 2.59. The summed E-state index contributed by atoms with van der Waals surface area (Å²) in [5, 5.41) is 10.8. The molecular formula is C13H8Cl4O. The van der Waals surface area contributed by atoms with Crippen LogP contribution in [-0.4, -0.2) is 5.11 Å². The van der Waals surface area contributed by atoms with Gasteiger partial charge in [0.2, 0.25) is 0 Å². The van der Waals surface area contributed by atoms with Crippen molar-refractivity contribution in [2.24, 2.45) is 0 Å². The van der Waals surface area contributed by atoms with Gasteiger partial charge in [-0.1, -0.05) is 58.5 Å². The van der Waals surface area contributed by atoms with Crippen LogP contribution < -0.4 is 0 Å². The molecule has 0 saturated heterocycles. The lowest BCUT2D eigenvalue weighted by atomic mass is 10.0. The van der Waals surface area contributed by atoms with E-state index in [1.807, 2.05) is 6.07 Å². The van der Waals surface area contributed by atoms with Gasteiger partial charge in [-0.25, -0.2) is 0 Å². The molecule has 0 saturated carbocycles.